The van der Waals surface area contributed by atoms with Crippen LogP contribution in [0.25, 0.3) is 111 Å². The third-order valence-electron chi connectivity index (χ3n) is 12.5. The fraction of sp³-hybridized carbons (Fsp3) is 0.0172. The molecule has 12 aromatic rings. The van der Waals surface area contributed by atoms with Crippen LogP contribution in [0.15, 0.2) is 225 Å². The van der Waals surface area contributed by atoms with Gasteiger partial charge in [-0.25, -0.2) is 4.98 Å². The summed E-state index contributed by atoms with van der Waals surface area (Å²) in [6.07, 6.45) is 8.08. The second kappa shape index (κ2) is 14.6. The van der Waals surface area contributed by atoms with E-state index in [1.807, 2.05) is 12.2 Å². The molecule has 4 aromatic heterocycles. The topological polar surface area (TPSA) is 32.1 Å². The standard InChI is InChI=1S/C58H41N5/c1-3-5-21-43(4-2)60-50-28-17-15-27-47(50)49-37-42(32-34-52(49)60)56-57(39-19-9-6-10-20-39)63-54-35-31-41(38-55(54)62(58(63)59-56)45-24-13-8-14-25-45)40-30-33-53-48(36-40)46-26-16-18-29-51(46)61(53)44-22-11-7-12-23-44/h3-38H,1H2,2H3/b21-5-,43-4+. The number of para-hydroxylation sites is 4. The Labute approximate surface area is 364 Å². The van der Waals surface area contributed by atoms with E-state index in [1.165, 1.54) is 32.6 Å². The van der Waals surface area contributed by atoms with Crippen LogP contribution in [-0.4, -0.2) is 23.1 Å². The number of allylic oxidation sites excluding steroid dienone is 5. The van der Waals surface area contributed by atoms with Crippen molar-refractivity contribution in [2.45, 2.75) is 6.92 Å². The van der Waals surface area contributed by atoms with Crippen molar-refractivity contribution < 1.29 is 0 Å². The molecular weight excluding hydrogens is 767 g/mol. The number of benzene rings is 8. The Hall–Kier alpha value is -8.41. The van der Waals surface area contributed by atoms with E-state index in [9.17, 15) is 0 Å². The Morgan fingerprint density at radius 1 is 0.460 bits per heavy atom. The zero-order valence-electron chi connectivity index (χ0n) is 34.7. The van der Waals surface area contributed by atoms with Gasteiger partial charge in [0, 0.05) is 49.7 Å². The predicted octanol–water partition coefficient (Wildman–Crippen LogP) is 15.1. The molecule has 0 N–H and O–H groups in total. The zero-order chi connectivity index (χ0) is 42.0. The third kappa shape index (κ3) is 5.67. The molecule has 4 heterocycles. The van der Waals surface area contributed by atoms with Crippen LogP contribution in [0.5, 0.6) is 0 Å². The SMILES string of the molecule is C=C/C=C\C(=C/C)n1c2ccccc2c2cc(-c3nc4n(-c5ccccc5)c5cc(-c6ccc7c(c6)c6ccccc6n7-c6ccccc6)ccc5n4c3-c3ccccc3)ccc21. The molecule has 0 atom stereocenters. The number of aromatic nitrogens is 5. The number of rotatable bonds is 8. The van der Waals surface area contributed by atoms with Gasteiger partial charge in [-0.05, 0) is 96.9 Å². The van der Waals surface area contributed by atoms with E-state index in [2.05, 4.69) is 238 Å². The maximum Gasteiger partial charge on any atom is 0.220 e. The van der Waals surface area contributed by atoms with Gasteiger partial charge in [0.05, 0.1) is 44.5 Å². The van der Waals surface area contributed by atoms with Crippen molar-refractivity contribution in [1.82, 2.24) is 23.1 Å². The lowest BCUT2D eigenvalue weighted by Crippen LogP contribution is -1.95. The lowest BCUT2D eigenvalue weighted by Gasteiger charge is -2.10. The quantitative estimate of drug-likeness (QED) is 0.141. The van der Waals surface area contributed by atoms with Gasteiger partial charge in [0.1, 0.15) is 0 Å². The number of fused-ring (bicyclic) bond motifs is 9. The lowest BCUT2D eigenvalue weighted by atomic mass is 10.0. The van der Waals surface area contributed by atoms with Crippen molar-refractivity contribution in [3.63, 3.8) is 0 Å². The molecule has 0 amide bonds. The average molecular weight is 808 g/mol. The predicted molar refractivity (Wildman–Crippen MR) is 265 cm³/mol. The molecule has 298 valence electrons. The summed E-state index contributed by atoms with van der Waals surface area (Å²) in [5.74, 6) is 0.858. The maximum atomic E-state index is 5.65. The Balaban J connectivity index is 1.10. The molecule has 0 fully saturated rings. The van der Waals surface area contributed by atoms with E-state index < -0.39 is 0 Å². The lowest BCUT2D eigenvalue weighted by molar-refractivity contribution is 1.10. The van der Waals surface area contributed by atoms with Crippen LogP contribution in [0.4, 0.5) is 0 Å². The van der Waals surface area contributed by atoms with Crippen molar-refractivity contribution >= 4 is 66.1 Å². The fourth-order valence-corrected chi connectivity index (χ4v) is 9.73. The van der Waals surface area contributed by atoms with E-state index in [0.29, 0.717) is 0 Å². The van der Waals surface area contributed by atoms with E-state index >= 15 is 0 Å². The molecule has 0 spiro atoms. The summed E-state index contributed by atoms with van der Waals surface area (Å²) in [5.41, 5.74) is 16.6. The maximum absolute atomic E-state index is 5.65. The summed E-state index contributed by atoms with van der Waals surface area (Å²) in [5, 5.41) is 4.84. The highest BCUT2D eigenvalue weighted by Crippen LogP contribution is 2.42. The Kier molecular flexibility index (Phi) is 8.47. The average Bonchev–Trinajstić information content (AvgIpc) is 4.08. The fourth-order valence-electron chi connectivity index (χ4n) is 9.73. The van der Waals surface area contributed by atoms with Crippen molar-refractivity contribution in [3.05, 3.63) is 225 Å². The molecule has 0 bridgehead atoms. The molecule has 0 saturated carbocycles. The van der Waals surface area contributed by atoms with Crippen LogP contribution in [0.2, 0.25) is 0 Å². The van der Waals surface area contributed by atoms with Crippen molar-refractivity contribution in [2.24, 2.45) is 0 Å². The minimum absolute atomic E-state index is 0.858. The van der Waals surface area contributed by atoms with Crippen LogP contribution in [0.1, 0.15) is 6.92 Å². The van der Waals surface area contributed by atoms with Crippen LogP contribution in [0.3, 0.4) is 0 Å². The van der Waals surface area contributed by atoms with Gasteiger partial charge < -0.3 is 9.13 Å². The van der Waals surface area contributed by atoms with Crippen LogP contribution in [-0.2, 0) is 0 Å². The smallest absolute Gasteiger partial charge is 0.220 e. The second-order valence-electron chi connectivity index (χ2n) is 16.0. The molecule has 0 radical (unpaired) electrons. The minimum atomic E-state index is 0.858. The first-order valence-electron chi connectivity index (χ1n) is 21.5. The minimum Gasteiger partial charge on any atom is -0.310 e. The molecule has 5 nitrogen and oxygen atoms in total. The highest BCUT2D eigenvalue weighted by molar-refractivity contribution is 6.13. The molecule has 0 aliphatic carbocycles. The summed E-state index contributed by atoms with van der Waals surface area (Å²) in [6.45, 7) is 6.00. The normalized spacial score (nSPS) is 12.3. The van der Waals surface area contributed by atoms with Crippen LogP contribution >= 0.6 is 0 Å². The van der Waals surface area contributed by atoms with Gasteiger partial charge >= 0.3 is 0 Å². The van der Waals surface area contributed by atoms with Crippen molar-refractivity contribution in [3.8, 4) is 45.0 Å². The summed E-state index contributed by atoms with van der Waals surface area (Å²) < 4.78 is 9.39. The molecule has 0 aliphatic heterocycles. The monoisotopic (exact) mass is 807 g/mol. The molecule has 0 aliphatic rings. The Morgan fingerprint density at radius 3 is 1.70 bits per heavy atom. The Morgan fingerprint density at radius 2 is 0.984 bits per heavy atom. The number of nitrogens with zero attached hydrogens (tertiary/aromatic N) is 5. The highest BCUT2D eigenvalue weighted by atomic mass is 15.2. The van der Waals surface area contributed by atoms with Crippen molar-refractivity contribution in [1.29, 1.82) is 0 Å². The zero-order valence-corrected chi connectivity index (χ0v) is 34.7. The molecular formula is C58H41N5. The number of hydrogen-bond acceptors (Lipinski definition) is 1. The Bertz CT molecular complexity index is 3800. The van der Waals surface area contributed by atoms with Gasteiger partial charge in [0.2, 0.25) is 5.78 Å². The van der Waals surface area contributed by atoms with Crippen LogP contribution in [0, 0.1) is 0 Å². The van der Waals surface area contributed by atoms with Gasteiger partial charge in [-0.3, -0.25) is 8.97 Å². The van der Waals surface area contributed by atoms with Crippen molar-refractivity contribution in [2.75, 3.05) is 0 Å². The van der Waals surface area contributed by atoms with Gasteiger partial charge in [-0.2, -0.15) is 0 Å². The molecule has 5 heteroatoms. The summed E-state index contributed by atoms with van der Waals surface area (Å²) in [4.78, 5) is 5.65. The first kappa shape index (κ1) is 36.4. The molecule has 8 aromatic carbocycles. The van der Waals surface area contributed by atoms with E-state index in [4.69, 9.17) is 4.98 Å². The number of imidazole rings is 2. The van der Waals surface area contributed by atoms with Gasteiger partial charge in [-0.1, -0.05) is 146 Å². The van der Waals surface area contributed by atoms with E-state index in [1.54, 1.807) is 0 Å². The summed E-state index contributed by atoms with van der Waals surface area (Å²) >= 11 is 0. The molecule has 63 heavy (non-hydrogen) atoms. The van der Waals surface area contributed by atoms with Gasteiger partial charge in [-0.15, -0.1) is 0 Å². The van der Waals surface area contributed by atoms with E-state index in [0.717, 1.165) is 78.6 Å². The first-order chi connectivity index (χ1) is 31.2. The van der Waals surface area contributed by atoms with Gasteiger partial charge in [0.15, 0.2) is 0 Å². The summed E-state index contributed by atoms with van der Waals surface area (Å²) in [6, 6.07) is 69.9. The van der Waals surface area contributed by atoms with Crippen LogP contribution < -0.4 is 0 Å². The third-order valence-corrected chi connectivity index (χ3v) is 12.5. The van der Waals surface area contributed by atoms with E-state index in [-0.39, 0.29) is 0 Å². The first-order valence-corrected chi connectivity index (χ1v) is 21.5. The second-order valence-corrected chi connectivity index (χ2v) is 16.0. The molecule has 0 saturated heterocycles. The summed E-state index contributed by atoms with van der Waals surface area (Å²) in [7, 11) is 0. The molecule has 12 rings (SSSR count). The molecule has 0 unspecified atom stereocenters. The largest absolute Gasteiger partial charge is 0.310 e. The number of hydrogen-bond donors (Lipinski definition) is 0. The van der Waals surface area contributed by atoms with Gasteiger partial charge in [0.25, 0.3) is 0 Å². The highest BCUT2D eigenvalue weighted by Gasteiger charge is 2.25.